The summed E-state index contributed by atoms with van der Waals surface area (Å²) in [7, 11) is 4.34. The summed E-state index contributed by atoms with van der Waals surface area (Å²) in [5.74, 6) is 0. The average Bonchev–Trinajstić information content (AvgIpc) is 2.37. The molecule has 20 heavy (non-hydrogen) atoms. The molecule has 1 rings (SSSR count). The van der Waals surface area contributed by atoms with Gasteiger partial charge >= 0.3 is 0 Å². The molecule has 1 N–H and O–H groups in total. The van der Waals surface area contributed by atoms with Crippen LogP contribution in [-0.4, -0.2) is 60.6 Å². The summed E-state index contributed by atoms with van der Waals surface area (Å²) >= 11 is 0. The lowest BCUT2D eigenvalue weighted by atomic mass is 9.92. The first kappa shape index (κ1) is 17.4. The van der Waals surface area contributed by atoms with Crippen LogP contribution in [0.25, 0.3) is 0 Å². The fourth-order valence-electron chi connectivity index (χ4n) is 3.34. The predicted molar refractivity (Wildman–Crippen MR) is 84.7 cm³/mol. The Bertz CT molecular complexity index is 326. The molecule has 0 aromatic carbocycles. The average molecular weight is 280 g/mol. The van der Waals surface area contributed by atoms with Crippen LogP contribution < -0.4 is 5.32 Å². The molecular weight excluding hydrogens is 248 g/mol. The second kappa shape index (κ2) is 7.40. The van der Waals surface area contributed by atoms with Gasteiger partial charge in [0.15, 0.2) is 0 Å². The molecule has 1 saturated heterocycles. The molecule has 4 nitrogen and oxygen atoms in total. The highest BCUT2D eigenvalue weighted by Gasteiger charge is 2.31. The van der Waals surface area contributed by atoms with Crippen molar-refractivity contribution in [3.63, 3.8) is 0 Å². The second-order valence-corrected chi connectivity index (χ2v) is 7.03. The largest absolute Gasteiger partial charge is 0.306 e. The van der Waals surface area contributed by atoms with Crippen LogP contribution in [0.4, 0.5) is 0 Å². The van der Waals surface area contributed by atoms with Gasteiger partial charge in [-0.2, -0.15) is 5.26 Å². The van der Waals surface area contributed by atoms with Crippen LogP contribution in [0, 0.1) is 11.3 Å². The maximum absolute atomic E-state index is 9.46. The van der Waals surface area contributed by atoms with Crippen LogP contribution in [0.3, 0.4) is 0 Å². The minimum atomic E-state index is -0.425. The van der Waals surface area contributed by atoms with Gasteiger partial charge in [-0.3, -0.25) is 5.32 Å². The maximum atomic E-state index is 9.46. The number of hydrogen-bond acceptors (Lipinski definition) is 4. The molecular formula is C16H32N4. The summed E-state index contributed by atoms with van der Waals surface area (Å²) in [6, 6.07) is 3.97. The Morgan fingerprint density at radius 3 is 2.25 bits per heavy atom. The number of piperidine rings is 1. The number of nitrogens with zero attached hydrogens (tertiary/aromatic N) is 3. The highest BCUT2D eigenvalue weighted by Crippen LogP contribution is 2.21. The molecule has 1 aliphatic rings. The zero-order valence-electron chi connectivity index (χ0n) is 14.1. The van der Waals surface area contributed by atoms with Crippen molar-refractivity contribution in [2.45, 2.75) is 70.6 Å². The summed E-state index contributed by atoms with van der Waals surface area (Å²) in [6.45, 7) is 10.8. The minimum Gasteiger partial charge on any atom is -0.306 e. The van der Waals surface area contributed by atoms with Gasteiger partial charge in [-0.25, -0.2) is 0 Å². The Balaban J connectivity index is 2.51. The third kappa shape index (κ3) is 5.05. The molecule has 0 bridgehead atoms. The van der Waals surface area contributed by atoms with Crippen molar-refractivity contribution in [3.05, 3.63) is 0 Å². The molecule has 1 fully saturated rings. The van der Waals surface area contributed by atoms with Gasteiger partial charge in [0.2, 0.25) is 0 Å². The van der Waals surface area contributed by atoms with Gasteiger partial charge in [0.1, 0.15) is 5.54 Å². The van der Waals surface area contributed by atoms with E-state index in [4.69, 9.17) is 0 Å². The molecule has 0 aliphatic carbocycles. The molecule has 0 aromatic rings. The van der Waals surface area contributed by atoms with Crippen LogP contribution in [0.2, 0.25) is 0 Å². The number of nitriles is 1. The number of likely N-dealkylation sites (tertiary alicyclic amines) is 1. The van der Waals surface area contributed by atoms with Crippen molar-refractivity contribution >= 4 is 0 Å². The topological polar surface area (TPSA) is 42.3 Å². The molecule has 0 radical (unpaired) electrons. The Kier molecular flexibility index (Phi) is 6.44. The van der Waals surface area contributed by atoms with Crippen LogP contribution in [-0.2, 0) is 0 Å². The Labute approximate surface area is 125 Å². The Hall–Kier alpha value is -0.630. The van der Waals surface area contributed by atoms with Gasteiger partial charge in [-0.15, -0.1) is 0 Å². The van der Waals surface area contributed by atoms with Gasteiger partial charge in [-0.05, 0) is 74.1 Å². The van der Waals surface area contributed by atoms with Crippen LogP contribution in [0.5, 0.6) is 0 Å². The van der Waals surface area contributed by atoms with Crippen molar-refractivity contribution < 1.29 is 0 Å². The van der Waals surface area contributed by atoms with Crippen LogP contribution >= 0.6 is 0 Å². The molecule has 1 heterocycles. The highest BCUT2D eigenvalue weighted by atomic mass is 15.2. The van der Waals surface area contributed by atoms with E-state index < -0.39 is 5.54 Å². The predicted octanol–water partition coefficient (Wildman–Crippen LogP) is 2.07. The second-order valence-electron chi connectivity index (χ2n) is 7.03. The quantitative estimate of drug-likeness (QED) is 0.809. The number of hydrogen-bond donors (Lipinski definition) is 1. The number of nitrogens with one attached hydrogen (secondary N) is 1. The van der Waals surface area contributed by atoms with Crippen molar-refractivity contribution in [2.75, 3.05) is 27.2 Å². The smallest absolute Gasteiger partial charge is 0.105 e. The molecule has 116 valence electrons. The fraction of sp³-hybridized carbons (Fsp3) is 0.938. The monoisotopic (exact) mass is 280 g/mol. The molecule has 0 saturated carbocycles. The molecule has 4 heteroatoms. The van der Waals surface area contributed by atoms with E-state index in [1.165, 1.54) is 12.8 Å². The zero-order chi connectivity index (χ0) is 15.3. The van der Waals surface area contributed by atoms with E-state index in [0.29, 0.717) is 12.1 Å². The lowest BCUT2D eigenvalue weighted by molar-refractivity contribution is 0.101. The summed E-state index contributed by atoms with van der Waals surface area (Å²) in [5.41, 5.74) is -0.425. The minimum absolute atomic E-state index is 0.339. The van der Waals surface area contributed by atoms with E-state index >= 15 is 0 Å². The lowest BCUT2D eigenvalue weighted by Gasteiger charge is -2.40. The van der Waals surface area contributed by atoms with Gasteiger partial charge in [-0.1, -0.05) is 0 Å². The standard InChI is InChI=1S/C16H32N4/c1-13(2)18-16(4,12-17)11-14(3)20-9-7-15(8-10-20)19(5)6/h13-15,18H,7-11H2,1-6H3. The van der Waals surface area contributed by atoms with E-state index in [0.717, 1.165) is 25.6 Å². The Morgan fingerprint density at radius 1 is 1.30 bits per heavy atom. The van der Waals surface area contributed by atoms with E-state index in [1.54, 1.807) is 0 Å². The third-order valence-corrected chi connectivity index (χ3v) is 4.41. The summed E-state index contributed by atoms with van der Waals surface area (Å²) in [4.78, 5) is 4.87. The molecule has 2 unspecified atom stereocenters. The summed E-state index contributed by atoms with van der Waals surface area (Å²) in [5, 5.41) is 12.9. The van der Waals surface area contributed by atoms with Crippen molar-refractivity contribution in [1.29, 1.82) is 5.26 Å². The van der Waals surface area contributed by atoms with E-state index in [1.807, 2.05) is 6.92 Å². The van der Waals surface area contributed by atoms with E-state index in [2.05, 4.69) is 56.1 Å². The highest BCUT2D eigenvalue weighted by molar-refractivity contribution is 5.06. The molecule has 0 spiro atoms. The summed E-state index contributed by atoms with van der Waals surface area (Å²) in [6.07, 6.45) is 3.35. The van der Waals surface area contributed by atoms with E-state index in [9.17, 15) is 5.26 Å². The first-order valence-electron chi connectivity index (χ1n) is 7.87. The third-order valence-electron chi connectivity index (χ3n) is 4.41. The van der Waals surface area contributed by atoms with Gasteiger partial charge in [0.25, 0.3) is 0 Å². The van der Waals surface area contributed by atoms with E-state index in [-0.39, 0.29) is 0 Å². The molecule has 0 aromatic heterocycles. The normalized spacial score (nSPS) is 22.8. The van der Waals surface area contributed by atoms with Crippen molar-refractivity contribution in [3.8, 4) is 6.07 Å². The van der Waals surface area contributed by atoms with Crippen LogP contribution in [0.15, 0.2) is 0 Å². The first-order chi connectivity index (χ1) is 9.27. The van der Waals surface area contributed by atoms with Gasteiger partial charge < -0.3 is 9.80 Å². The van der Waals surface area contributed by atoms with Crippen molar-refractivity contribution in [1.82, 2.24) is 15.1 Å². The van der Waals surface area contributed by atoms with Gasteiger partial charge in [0.05, 0.1) is 6.07 Å². The Morgan fingerprint density at radius 2 is 1.85 bits per heavy atom. The molecule has 2 atom stereocenters. The van der Waals surface area contributed by atoms with Crippen molar-refractivity contribution in [2.24, 2.45) is 0 Å². The first-order valence-corrected chi connectivity index (χ1v) is 7.87. The van der Waals surface area contributed by atoms with Gasteiger partial charge in [0, 0.05) is 18.1 Å². The van der Waals surface area contributed by atoms with Crippen LogP contribution in [0.1, 0.15) is 47.0 Å². The maximum Gasteiger partial charge on any atom is 0.105 e. The molecule has 1 aliphatic heterocycles. The lowest BCUT2D eigenvalue weighted by Crippen LogP contribution is -2.52. The zero-order valence-corrected chi connectivity index (χ0v) is 14.1. The number of rotatable bonds is 6. The SMILES string of the molecule is CC(C)NC(C)(C#N)CC(C)N1CCC(N(C)C)CC1. The fourth-order valence-corrected chi connectivity index (χ4v) is 3.34. The molecule has 0 amide bonds. The summed E-state index contributed by atoms with van der Waals surface area (Å²) < 4.78 is 0.